The standard InChI is InChI=1S/C22H13ClF3N7O2/c23-17-8-13(10-27-20(17)33-28-5-6-29-33)31-21(35)16-11-30-32(19(16)22(24,25)26)18-9-14(34)7-12-3-1-2-4-15(12)18/h1-6,8-11H,7H2,(H,31,35). The van der Waals surface area contributed by atoms with Gasteiger partial charge in [-0.15, -0.1) is 4.80 Å². The van der Waals surface area contributed by atoms with Crippen LogP contribution in [0.25, 0.3) is 11.5 Å². The Balaban J connectivity index is 1.51. The van der Waals surface area contributed by atoms with Gasteiger partial charge in [0.25, 0.3) is 5.91 Å². The summed E-state index contributed by atoms with van der Waals surface area (Å²) in [7, 11) is 0. The zero-order valence-corrected chi connectivity index (χ0v) is 18.2. The Morgan fingerprint density at radius 2 is 1.83 bits per heavy atom. The number of aromatic nitrogens is 6. The Kier molecular flexibility index (Phi) is 5.44. The lowest BCUT2D eigenvalue weighted by Crippen LogP contribution is -2.23. The molecule has 1 N–H and O–H groups in total. The van der Waals surface area contributed by atoms with Gasteiger partial charge in [-0.25, -0.2) is 9.67 Å². The Morgan fingerprint density at radius 3 is 2.54 bits per heavy atom. The second-order valence-electron chi connectivity index (χ2n) is 7.45. The van der Waals surface area contributed by atoms with E-state index in [1.165, 1.54) is 24.7 Å². The number of nitrogens with zero attached hydrogens (tertiary/aromatic N) is 6. The van der Waals surface area contributed by atoms with Crippen molar-refractivity contribution in [3.63, 3.8) is 0 Å². The fraction of sp³-hybridized carbons (Fsp3) is 0.0909. The molecular formula is C22H13ClF3N7O2. The van der Waals surface area contributed by atoms with Crippen molar-refractivity contribution in [2.24, 2.45) is 0 Å². The third-order valence-electron chi connectivity index (χ3n) is 5.15. The van der Waals surface area contributed by atoms with E-state index in [2.05, 4.69) is 25.6 Å². The highest BCUT2D eigenvalue weighted by Crippen LogP contribution is 2.37. The second kappa shape index (κ2) is 8.47. The second-order valence-corrected chi connectivity index (χ2v) is 7.86. The van der Waals surface area contributed by atoms with Crippen molar-refractivity contribution >= 4 is 34.7 Å². The Morgan fingerprint density at radius 1 is 1.09 bits per heavy atom. The normalized spacial score (nSPS) is 13.4. The maximum atomic E-state index is 14.1. The zero-order chi connectivity index (χ0) is 24.7. The lowest BCUT2D eigenvalue weighted by molar-refractivity contribution is -0.143. The highest BCUT2D eigenvalue weighted by atomic mass is 35.5. The van der Waals surface area contributed by atoms with Crippen LogP contribution in [0.1, 0.15) is 27.2 Å². The van der Waals surface area contributed by atoms with Gasteiger partial charge in [0.2, 0.25) is 0 Å². The van der Waals surface area contributed by atoms with Crippen molar-refractivity contribution in [3.8, 4) is 5.82 Å². The summed E-state index contributed by atoms with van der Waals surface area (Å²) >= 11 is 6.17. The van der Waals surface area contributed by atoms with Crippen LogP contribution < -0.4 is 5.32 Å². The minimum absolute atomic E-state index is 0.0502. The van der Waals surface area contributed by atoms with Crippen LogP contribution in [0.15, 0.2) is 61.2 Å². The molecule has 1 aromatic carbocycles. The molecule has 0 saturated carbocycles. The number of pyridine rings is 1. The van der Waals surface area contributed by atoms with E-state index in [1.807, 2.05) is 0 Å². The molecule has 0 saturated heterocycles. The third-order valence-corrected chi connectivity index (χ3v) is 5.43. The highest BCUT2D eigenvalue weighted by Gasteiger charge is 2.41. The number of hydrogen-bond acceptors (Lipinski definition) is 6. The number of carbonyl (C=O) groups excluding carboxylic acids is 2. The number of carbonyl (C=O) groups is 2. The van der Waals surface area contributed by atoms with Crippen molar-refractivity contribution in [2.75, 3.05) is 5.32 Å². The lowest BCUT2D eigenvalue weighted by Gasteiger charge is -2.20. The van der Waals surface area contributed by atoms with Crippen molar-refractivity contribution < 1.29 is 22.8 Å². The van der Waals surface area contributed by atoms with Gasteiger partial charge in [-0.3, -0.25) is 9.59 Å². The molecule has 1 aliphatic carbocycles. The maximum absolute atomic E-state index is 14.1. The molecule has 0 spiro atoms. The number of alkyl halides is 3. The van der Waals surface area contributed by atoms with E-state index in [-0.39, 0.29) is 34.4 Å². The topological polar surface area (TPSA) is 108 Å². The number of fused-ring (bicyclic) bond motifs is 1. The number of benzene rings is 1. The molecule has 0 radical (unpaired) electrons. The molecule has 1 aliphatic rings. The lowest BCUT2D eigenvalue weighted by atomic mass is 9.94. The van der Waals surface area contributed by atoms with E-state index in [1.54, 1.807) is 24.3 Å². The van der Waals surface area contributed by atoms with Crippen LogP contribution in [0.5, 0.6) is 0 Å². The molecule has 9 nitrogen and oxygen atoms in total. The van der Waals surface area contributed by atoms with Crippen LogP contribution in [-0.2, 0) is 17.4 Å². The fourth-order valence-corrected chi connectivity index (χ4v) is 3.95. The average molecular weight is 500 g/mol. The first kappa shape index (κ1) is 22.5. The van der Waals surface area contributed by atoms with Gasteiger partial charge >= 0.3 is 6.18 Å². The minimum Gasteiger partial charge on any atom is -0.320 e. The Labute approximate surface area is 199 Å². The van der Waals surface area contributed by atoms with Gasteiger partial charge in [0.15, 0.2) is 17.3 Å². The molecule has 3 heterocycles. The SMILES string of the molecule is O=C1C=C(n2ncc(C(=O)Nc3cnc(-n4nccn4)c(Cl)c3)c2C(F)(F)F)c2ccccc2C1. The number of rotatable bonds is 4. The first-order valence-electron chi connectivity index (χ1n) is 10.0. The molecule has 4 aromatic rings. The van der Waals surface area contributed by atoms with Crippen LogP contribution in [0.4, 0.5) is 18.9 Å². The summed E-state index contributed by atoms with van der Waals surface area (Å²) in [5.74, 6) is -1.28. The summed E-state index contributed by atoms with van der Waals surface area (Å²) in [4.78, 5) is 30.3. The Bertz CT molecular complexity index is 1490. The molecular weight excluding hydrogens is 487 g/mol. The number of ketones is 1. The van der Waals surface area contributed by atoms with Crippen molar-refractivity contribution in [1.29, 1.82) is 0 Å². The molecule has 0 aliphatic heterocycles. The van der Waals surface area contributed by atoms with E-state index in [0.29, 0.717) is 15.8 Å². The summed E-state index contributed by atoms with van der Waals surface area (Å²) in [6.07, 6.45) is 1.04. The number of anilines is 1. The number of nitrogens with one attached hydrogen (secondary N) is 1. The van der Waals surface area contributed by atoms with Crippen LogP contribution in [0, 0.1) is 0 Å². The van der Waals surface area contributed by atoms with E-state index in [9.17, 15) is 22.8 Å². The van der Waals surface area contributed by atoms with Gasteiger partial charge in [0, 0.05) is 18.1 Å². The van der Waals surface area contributed by atoms with E-state index in [0.717, 1.165) is 17.1 Å². The summed E-state index contributed by atoms with van der Waals surface area (Å²) in [6.45, 7) is 0. The summed E-state index contributed by atoms with van der Waals surface area (Å²) in [5.41, 5.74) is -1.08. The molecule has 176 valence electrons. The molecule has 35 heavy (non-hydrogen) atoms. The van der Waals surface area contributed by atoms with Crippen molar-refractivity contribution in [3.05, 3.63) is 88.6 Å². The highest BCUT2D eigenvalue weighted by molar-refractivity contribution is 6.32. The van der Waals surface area contributed by atoms with E-state index < -0.39 is 23.3 Å². The predicted molar refractivity (Wildman–Crippen MR) is 118 cm³/mol. The average Bonchev–Trinajstić information content (AvgIpc) is 3.49. The van der Waals surface area contributed by atoms with Crippen LogP contribution in [-0.4, -0.2) is 41.4 Å². The van der Waals surface area contributed by atoms with Gasteiger partial charge in [0.1, 0.15) is 0 Å². The van der Waals surface area contributed by atoms with Gasteiger partial charge in [-0.05, 0) is 11.6 Å². The maximum Gasteiger partial charge on any atom is 0.434 e. The smallest absolute Gasteiger partial charge is 0.320 e. The first-order valence-corrected chi connectivity index (χ1v) is 10.4. The molecule has 0 unspecified atom stereocenters. The quantitative estimate of drug-likeness (QED) is 0.457. The third kappa shape index (κ3) is 4.19. The molecule has 0 fully saturated rings. The fourth-order valence-electron chi connectivity index (χ4n) is 3.71. The number of hydrogen-bond donors (Lipinski definition) is 1. The number of allylic oxidation sites excluding steroid dienone is 1. The van der Waals surface area contributed by atoms with Crippen molar-refractivity contribution in [1.82, 2.24) is 29.8 Å². The minimum atomic E-state index is -4.95. The van der Waals surface area contributed by atoms with E-state index in [4.69, 9.17) is 11.6 Å². The van der Waals surface area contributed by atoms with Gasteiger partial charge in [-0.2, -0.15) is 28.5 Å². The van der Waals surface area contributed by atoms with Crippen LogP contribution in [0.2, 0.25) is 5.02 Å². The monoisotopic (exact) mass is 499 g/mol. The molecule has 13 heteroatoms. The summed E-state index contributed by atoms with van der Waals surface area (Å²) < 4.78 is 43.0. The van der Waals surface area contributed by atoms with Gasteiger partial charge < -0.3 is 5.32 Å². The first-order chi connectivity index (χ1) is 16.7. The number of amides is 1. The molecule has 5 rings (SSSR count). The zero-order valence-electron chi connectivity index (χ0n) is 17.5. The molecule has 3 aromatic heterocycles. The summed E-state index contributed by atoms with van der Waals surface area (Å²) in [5, 5.41) is 14.0. The molecule has 0 atom stereocenters. The predicted octanol–water partition coefficient (Wildman–Crippen LogP) is 3.80. The number of halogens is 4. The Hall–Kier alpha value is -4.32. The molecule has 1 amide bonds. The van der Waals surface area contributed by atoms with Gasteiger partial charge in [-0.1, -0.05) is 35.9 Å². The molecule has 0 bridgehead atoms. The van der Waals surface area contributed by atoms with E-state index >= 15 is 0 Å². The summed E-state index contributed by atoms with van der Waals surface area (Å²) in [6, 6.07) is 7.89. The largest absolute Gasteiger partial charge is 0.434 e. The van der Waals surface area contributed by atoms with Crippen LogP contribution >= 0.6 is 11.6 Å². The van der Waals surface area contributed by atoms with Crippen LogP contribution in [0.3, 0.4) is 0 Å². The van der Waals surface area contributed by atoms with Gasteiger partial charge in [0.05, 0.1) is 46.8 Å². The van der Waals surface area contributed by atoms with Crippen molar-refractivity contribution in [2.45, 2.75) is 12.6 Å².